The van der Waals surface area contributed by atoms with E-state index in [1.807, 2.05) is 18.2 Å². The molecule has 0 amide bonds. The molecular formula is C19H29N3. The van der Waals surface area contributed by atoms with Crippen LogP contribution in [-0.4, -0.2) is 6.54 Å². The van der Waals surface area contributed by atoms with E-state index in [1.54, 1.807) is 0 Å². The van der Waals surface area contributed by atoms with E-state index in [2.05, 4.69) is 33.0 Å². The number of rotatable bonds is 7. The number of allylic oxidation sites excluding steroid dienone is 4. The van der Waals surface area contributed by atoms with E-state index in [-0.39, 0.29) is 11.0 Å². The fraction of sp³-hybridized carbons (Fsp3) is 0.684. The second-order valence-corrected chi connectivity index (χ2v) is 7.11. The highest BCUT2D eigenvalue weighted by Crippen LogP contribution is 2.38. The van der Waals surface area contributed by atoms with Crippen LogP contribution in [0, 0.1) is 34.0 Å². The van der Waals surface area contributed by atoms with Gasteiger partial charge in [-0.3, -0.25) is 0 Å². The number of nitriles is 2. The zero-order valence-corrected chi connectivity index (χ0v) is 14.5. The lowest BCUT2D eigenvalue weighted by Gasteiger charge is -2.32. The first-order valence-corrected chi connectivity index (χ1v) is 8.43. The molecule has 1 atom stereocenters. The Morgan fingerprint density at radius 1 is 1.27 bits per heavy atom. The quantitative estimate of drug-likeness (QED) is 0.684. The summed E-state index contributed by atoms with van der Waals surface area (Å²) in [5.74, 6) is 0.699. The molecule has 0 spiro atoms. The molecule has 1 N–H and O–H groups in total. The minimum absolute atomic E-state index is 0.0937. The van der Waals surface area contributed by atoms with Gasteiger partial charge in [-0.1, -0.05) is 47.0 Å². The minimum atomic E-state index is 0.0937. The van der Waals surface area contributed by atoms with Crippen molar-refractivity contribution in [2.75, 3.05) is 6.54 Å². The van der Waals surface area contributed by atoms with Crippen molar-refractivity contribution in [1.29, 1.82) is 10.5 Å². The molecule has 3 nitrogen and oxygen atoms in total. The van der Waals surface area contributed by atoms with E-state index in [9.17, 15) is 0 Å². The Balaban J connectivity index is 2.82. The lowest BCUT2D eigenvalue weighted by Crippen LogP contribution is -2.28. The summed E-state index contributed by atoms with van der Waals surface area (Å²) in [6.45, 7) is 9.86. The topological polar surface area (TPSA) is 59.6 Å². The Labute approximate surface area is 135 Å². The maximum Gasteiger partial charge on any atom is 0.132 e. The van der Waals surface area contributed by atoms with Crippen LogP contribution in [-0.2, 0) is 0 Å². The van der Waals surface area contributed by atoms with Gasteiger partial charge in [0.05, 0.1) is 0 Å². The molecule has 1 rings (SSSR count). The van der Waals surface area contributed by atoms with Gasteiger partial charge in [0.2, 0.25) is 0 Å². The summed E-state index contributed by atoms with van der Waals surface area (Å²) in [4.78, 5) is 0. The summed E-state index contributed by atoms with van der Waals surface area (Å²) in [5.41, 5.74) is 2.40. The summed E-state index contributed by atoms with van der Waals surface area (Å²) >= 11 is 0. The summed E-state index contributed by atoms with van der Waals surface area (Å²) in [5, 5.41) is 21.8. The molecule has 0 aromatic carbocycles. The van der Waals surface area contributed by atoms with Gasteiger partial charge in [0.1, 0.15) is 17.7 Å². The summed E-state index contributed by atoms with van der Waals surface area (Å²) in [6.07, 6.45) is 8.77. The van der Waals surface area contributed by atoms with Gasteiger partial charge in [-0.2, -0.15) is 10.5 Å². The van der Waals surface area contributed by atoms with Crippen molar-refractivity contribution in [2.45, 2.75) is 66.2 Å². The van der Waals surface area contributed by atoms with Crippen molar-refractivity contribution in [1.82, 2.24) is 5.32 Å². The molecule has 0 saturated carbocycles. The normalized spacial score (nSPS) is 17.9. The Morgan fingerprint density at radius 2 is 1.95 bits per heavy atom. The molecule has 1 unspecified atom stereocenters. The Hall–Kier alpha value is -1.74. The van der Waals surface area contributed by atoms with Crippen LogP contribution in [0.2, 0.25) is 0 Å². The molecule has 1 aliphatic rings. The van der Waals surface area contributed by atoms with E-state index in [0.717, 1.165) is 25.0 Å². The number of hydrogen-bond donors (Lipinski definition) is 1. The maximum atomic E-state index is 9.11. The fourth-order valence-corrected chi connectivity index (χ4v) is 3.07. The largest absolute Gasteiger partial charge is 0.388 e. The number of unbranched alkanes of at least 4 members (excludes halogenated alkanes) is 1. The fourth-order valence-electron chi connectivity index (χ4n) is 3.07. The average molecular weight is 299 g/mol. The maximum absolute atomic E-state index is 9.11. The zero-order chi connectivity index (χ0) is 16.6. The lowest BCUT2D eigenvalue weighted by atomic mass is 9.76. The van der Waals surface area contributed by atoms with Crippen LogP contribution >= 0.6 is 0 Å². The highest BCUT2D eigenvalue weighted by Gasteiger charge is 2.27. The molecule has 0 aliphatic heterocycles. The molecule has 0 saturated heterocycles. The number of nitrogens with one attached hydrogen (secondary N) is 1. The van der Waals surface area contributed by atoms with Crippen LogP contribution in [0.15, 0.2) is 22.9 Å². The summed E-state index contributed by atoms with van der Waals surface area (Å²) < 4.78 is 0. The summed E-state index contributed by atoms with van der Waals surface area (Å²) in [6, 6.07) is 4.06. The standard InChI is InChI=1S/C19H29N3/c1-5-7-8-15(6-2)14-22-18-9-16(17(12-20)13-21)10-19(3,4)11-18/h9,15,22H,5-8,10-11,14H2,1-4H3. The lowest BCUT2D eigenvalue weighted by molar-refractivity contribution is 0.334. The summed E-state index contributed by atoms with van der Waals surface area (Å²) in [7, 11) is 0. The van der Waals surface area contributed by atoms with Crippen molar-refractivity contribution in [3.63, 3.8) is 0 Å². The first kappa shape index (κ1) is 18.3. The van der Waals surface area contributed by atoms with Gasteiger partial charge in [0, 0.05) is 12.2 Å². The van der Waals surface area contributed by atoms with Crippen LogP contribution in [0.4, 0.5) is 0 Å². The Morgan fingerprint density at radius 3 is 2.50 bits per heavy atom. The van der Waals surface area contributed by atoms with E-state index in [1.165, 1.54) is 31.4 Å². The average Bonchev–Trinajstić information content (AvgIpc) is 2.47. The molecule has 0 aromatic rings. The predicted molar refractivity (Wildman–Crippen MR) is 90.7 cm³/mol. The van der Waals surface area contributed by atoms with Crippen molar-refractivity contribution in [3.05, 3.63) is 22.9 Å². The second-order valence-electron chi connectivity index (χ2n) is 7.11. The highest BCUT2D eigenvalue weighted by molar-refractivity contribution is 5.47. The third-order valence-electron chi connectivity index (χ3n) is 4.39. The van der Waals surface area contributed by atoms with Crippen molar-refractivity contribution in [2.24, 2.45) is 11.3 Å². The predicted octanol–water partition coefficient (Wildman–Crippen LogP) is 4.84. The minimum Gasteiger partial charge on any atom is -0.388 e. The van der Waals surface area contributed by atoms with Crippen LogP contribution in [0.25, 0.3) is 0 Å². The van der Waals surface area contributed by atoms with Gasteiger partial charge < -0.3 is 5.32 Å². The third kappa shape index (κ3) is 5.57. The molecule has 0 aromatic heterocycles. The monoisotopic (exact) mass is 299 g/mol. The van der Waals surface area contributed by atoms with Crippen LogP contribution in [0.1, 0.15) is 66.2 Å². The van der Waals surface area contributed by atoms with E-state index in [4.69, 9.17) is 10.5 Å². The molecule has 0 radical (unpaired) electrons. The number of hydrogen-bond acceptors (Lipinski definition) is 3. The van der Waals surface area contributed by atoms with Crippen molar-refractivity contribution < 1.29 is 0 Å². The molecule has 0 fully saturated rings. The Kier molecular flexibility index (Phi) is 7.19. The van der Waals surface area contributed by atoms with Crippen molar-refractivity contribution >= 4 is 0 Å². The Bertz CT molecular complexity index is 496. The molecule has 3 heteroatoms. The molecule has 120 valence electrons. The SMILES string of the molecule is CCCCC(CC)CNC1=CC(=C(C#N)C#N)CC(C)(C)C1. The molecule has 1 aliphatic carbocycles. The highest BCUT2D eigenvalue weighted by atomic mass is 14.9. The van der Waals surface area contributed by atoms with Gasteiger partial charge in [-0.25, -0.2) is 0 Å². The third-order valence-corrected chi connectivity index (χ3v) is 4.39. The van der Waals surface area contributed by atoms with Gasteiger partial charge in [-0.15, -0.1) is 0 Å². The van der Waals surface area contributed by atoms with E-state index in [0.29, 0.717) is 5.92 Å². The number of nitrogens with zero attached hydrogens (tertiary/aromatic N) is 2. The van der Waals surface area contributed by atoms with Crippen LogP contribution in [0.5, 0.6) is 0 Å². The van der Waals surface area contributed by atoms with Gasteiger partial charge in [0.15, 0.2) is 0 Å². The van der Waals surface area contributed by atoms with E-state index < -0.39 is 0 Å². The molecular weight excluding hydrogens is 270 g/mol. The van der Waals surface area contributed by atoms with Gasteiger partial charge in [0.25, 0.3) is 0 Å². The van der Waals surface area contributed by atoms with E-state index >= 15 is 0 Å². The smallest absolute Gasteiger partial charge is 0.132 e. The molecule has 0 heterocycles. The zero-order valence-electron chi connectivity index (χ0n) is 14.5. The first-order valence-electron chi connectivity index (χ1n) is 8.43. The second kappa shape index (κ2) is 8.64. The molecule has 0 bridgehead atoms. The van der Waals surface area contributed by atoms with Gasteiger partial charge in [-0.05, 0) is 42.2 Å². The van der Waals surface area contributed by atoms with Crippen molar-refractivity contribution in [3.8, 4) is 12.1 Å². The first-order chi connectivity index (χ1) is 10.5. The van der Waals surface area contributed by atoms with Crippen LogP contribution < -0.4 is 5.32 Å². The van der Waals surface area contributed by atoms with Gasteiger partial charge >= 0.3 is 0 Å². The molecule has 22 heavy (non-hydrogen) atoms. The van der Waals surface area contributed by atoms with Crippen LogP contribution in [0.3, 0.4) is 0 Å².